The van der Waals surface area contributed by atoms with Gasteiger partial charge >= 0.3 is 0 Å². The Balaban J connectivity index is 2.83. The molecule has 4 heteroatoms. The number of hydrogen-bond donors (Lipinski definition) is 0. The van der Waals surface area contributed by atoms with Gasteiger partial charge in [0, 0.05) is 4.90 Å². The maximum Gasteiger partial charge on any atom is 0.138 e. The molecule has 0 amide bonds. The van der Waals surface area contributed by atoms with Gasteiger partial charge in [0.1, 0.15) is 12.5 Å². The fourth-order valence-electron chi connectivity index (χ4n) is 1.87. The number of thioether (sulfide) groups is 1. The summed E-state index contributed by atoms with van der Waals surface area (Å²) in [7, 11) is 0.607. The third-order valence-corrected chi connectivity index (χ3v) is 4.66. The number of rotatable bonds is 8. The first-order valence-electron chi connectivity index (χ1n) is 6.01. The van der Waals surface area contributed by atoms with Crippen LogP contribution < -0.4 is 0 Å². The van der Waals surface area contributed by atoms with E-state index in [1.54, 1.807) is 0 Å². The molecule has 1 aromatic carbocycles. The largest absolute Gasteiger partial charge is 0.299 e. The lowest BCUT2D eigenvalue weighted by atomic mass is 10.1. The topological polar surface area (TPSA) is 9.23 Å². The molecule has 1 rings (SSSR count). The number of benzene rings is 1. The van der Waals surface area contributed by atoms with E-state index in [1.165, 1.54) is 4.90 Å². The minimum absolute atomic E-state index is 0.145. The first-order valence-corrected chi connectivity index (χ1v) is 8.65. The van der Waals surface area contributed by atoms with E-state index in [9.17, 15) is 0 Å². The second-order valence-electron chi connectivity index (χ2n) is 3.99. The molecule has 94 valence electrons. The highest BCUT2D eigenvalue weighted by atomic mass is 32.4. The molecule has 0 saturated carbocycles. The third-order valence-electron chi connectivity index (χ3n) is 2.51. The quantitative estimate of drug-likeness (QED) is 0.359. The summed E-state index contributed by atoms with van der Waals surface area (Å²) in [6.07, 6.45) is 4.32. The van der Waals surface area contributed by atoms with Crippen molar-refractivity contribution in [2.24, 2.45) is 0 Å². The molecular weight excluding hydrogens is 267 g/mol. The maximum atomic E-state index is 5.86. The molecule has 0 bridgehead atoms. The summed E-state index contributed by atoms with van der Waals surface area (Å²) in [6, 6.07) is 10.4. The van der Waals surface area contributed by atoms with Gasteiger partial charge in [-0.2, -0.15) is 0 Å². The van der Waals surface area contributed by atoms with Crippen molar-refractivity contribution in [3.8, 4) is 0 Å². The van der Waals surface area contributed by atoms with Crippen molar-refractivity contribution in [1.29, 1.82) is 0 Å². The Labute approximate surface area is 115 Å². The van der Waals surface area contributed by atoms with Crippen LogP contribution in [-0.4, -0.2) is 4.93 Å². The molecule has 1 nitrogen and oxygen atoms in total. The molecule has 0 heterocycles. The maximum absolute atomic E-state index is 5.86. The normalized spacial score (nSPS) is 11.9. The molecule has 17 heavy (non-hydrogen) atoms. The summed E-state index contributed by atoms with van der Waals surface area (Å²) in [6.45, 7) is 4.39. The zero-order chi connectivity index (χ0) is 12.6. The molecule has 0 N–H and O–H groups in total. The Morgan fingerprint density at radius 3 is 2.24 bits per heavy atom. The highest BCUT2D eigenvalue weighted by Crippen LogP contribution is 2.43. The van der Waals surface area contributed by atoms with Crippen LogP contribution in [0, 0.1) is 0 Å². The minimum Gasteiger partial charge on any atom is -0.299 e. The Kier molecular flexibility index (Phi) is 7.29. The monoisotopic (exact) mass is 286 g/mol. The average Bonchev–Trinajstić information content (AvgIpc) is 2.31. The van der Waals surface area contributed by atoms with Crippen molar-refractivity contribution >= 4 is 31.2 Å². The van der Waals surface area contributed by atoms with Crippen molar-refractivity contribution in [3.05, 3.63) is 30.3 Å². The summed E-state index contributed by atoms with van der Waals surface area (Å²) in [5, 5.41) is 0. The fourth-order valence-corrected chi connectivity index (χ4v) is 4.35. The third kappa shape index (κ3) is 5.05. The van der Waals surface area contributed by atoms with Gasteiger partial charge in [-0.25, -0.2) is 0 Å². The second-order valence-corrected chi connectivity index (χ2v) is 6.19. The zero-order valence-corrected chi connectivity index (χ0v) is 12.9. The lowest BCUT2D eigenvalue weighted by Gasteiger charge is -2.30. The van der Waals surface area contributed by atoms with Gasteiger partial charge < -0.3 is 0 Å². The Morgan fingerprint density at radius 2 is 1.76 bits per heavy atom. The molecule has 0 unspecified atom stereocenters. The van der Waals surface area contributed by atoms with E-state index < -0.39 is 0 Å². The van der Waals surface area contributed by atoms with Crippen molar-refractivity contribution in [2.75, 3.05) is 0 Å². The zero-order valence-electron chi connectivity index (χ0n) is 10.4. The molecule has 0 saturated heterocycles. The molecule has 0 atom stereocenters. The molecular formula is C13H19OPS2. The van der Waals surface area contributed by atoms with E-state index in [2.05, 4.69) is 38.1 Å². The standard InChI is InChI=1S/C13H19OPS2/c1-3-10-13(11-4-2,14-15-16)17-12-8-6-5-7-9-12/h5-9H,3-4,10-11H2,1-2H3. The molecule has 0 aliphatic carbocycles. The highest BCUT2D eigenvalue weighted by molar-refractivity contribution is 8.01. The van der Waals surface area contributed by atoms with Crippen LogP contribution in [0.4, 0.5) is 0 Å². The van der Waals surface area contributed by atoms with E-state index in [1.807, 2.05) is 17.8 Å². The molecule has 0 radical (unpaired) electrons. The van der Waals surface area contributed by atoms with E-state index in [4.69, 9.17) is 16.3 Å². The van der Waals surface area contributed by atoms with Gasteiger partial charge in [-0.15, -0.1) is 0 Å². The van der Waals surface area contributed by atoms with E-state index >= 15 is 0 Å². The van der Waals surface area contributed by atoms with Crippen LogP contribution in [0.2, 0.25) is 0 Å². The molecule has 0 aromatic heterocycles. The van der Waals surface area contributed by atoms with Gasteiger partial charge in [0.15, 0.2) is 0 Å². The van der Waals surface area contributed by atoms with Gasteiger partial charge in [-0.3, -0.25) is 4.52 Å². The SMILES string of the molecule is CCCC(CCC)(OP=S)Sc1ccccc1. The lowest BCUT2D eigenvalue weighted by molar-refractivity contribution is 0.172. The predicted molar refractivity (Wildman–Crippen MR) is 80.2 cm³/mol. The molecule has 0 aliphatic heterocycles. The van der Waals surface area contributed by atoms with Crippen LogP contribution in [0.1, 0.15) is 39.5 Å². The highest BCUT2D eigenvalue weighted by Gasteiger charge is 2.30. The summed E-state index contributed by atoms with van der Waals surface area (Å²) in [5.41, 5.74) is 0. The van der Waals surface area contributed by atoms with Crippen LogP contribution >= 0.6 is 19.3 Å². The minimum atomic E-state index is -0.145. The first-order chi connectivity index (χ1) is 8.26. The summed E-state index contributed by atoms with van der Waals surface area (Å²) >= 11 is 6.80. The van der Waals surface area contributed by atoms with E-state index in [-0.39, 0.29) is 4.93 Å². The Morgan fingerprint density at radius 1 is 1.18 bits per heavy atom. The predicted octanol–water partition coefficient (Wildman–Crippen LogP) is 5.41. The van der Waals surface area contributed by atoms with Crippen LogP contribution in [0.3, 0.4) is 0 Å². The van der Waals surface area contributed by atoms with Crippen molar-refractivity contribution < 1.29 is 4.52 Å². The van der Waals surface area contributed by atoms with Gasteiger partial charge in [-0.05, 0) is 36.8 Å². The fraction of sp³-hybridized carbons (Fsp3) is 0.538. The average molecular weight is 286 g/mol. The molecule has 0 spiro atoms. The Bertz CT molecular complexity index is 323. The smallest absolute Gasteiger partial charge is 0.138 e. The molecule has 0 aliphatic rings. The van der Waals surface area contributed by atoms with Gasteiger partial charge in [0.2, 0.25) is 0 Å². The summed E-state index contributed by atoms with van der Waals surface area (Å²) in [4.78, 5) is 1.11. The van der Waals surface area contributed by atoms with Crippen molar-refractivity contribution in [1.82, 2.24) is 0 Å². The van der Waals surface area contributed by atoms with Crippen LogP contribution in [-0.2, 0) is 16.3 Å². The van der Waals surface area contributed by atoms with Crippen LogP contribution in [0.15, 0.2) is 35.2 Å². The van der Waals surface area contributed by atoms with Gasteiger partial charge in [0.05, 0.1) is 0 Å². The lowest BCUT2D eigenvalue weighted by Crippen LogP contribution is -2.24. The van der Waals surface area contributed by atoms with Gasteiger partial charge in [0.25, 0.3) is 0 Å². The van der Waals surface area contributed by atoms with E-state index in [0.29, 0.717) is 7.58 Å². The first kappa shape index (κ1) is 15.1. The Hall–Kier alpha value is 0.0500. The molecule has 0 fully saturated rings. The van der Waals surface area contributed by atoms with E-state index in [0.717, 1.165) is 25.7 Å². The second kappa shape index (κ2) is 8.20. The number of hydrogen-bond acceptors (Lipinski definition) is 3. The van der Waals surface area contributed by atoms with Crippen LogP contribution in [0.25, 0.3) is 0 Å². The van der Waals surface area contributed by atoms with Crippen molar-refractivity contribution in [3.63, 3.8) is 0 Å². The summed E-state index contributed by atoms with van der Waals surface area (Å²) < 4.78 is 5.86. The summed E-state index contributed by atoms with van der Waals surface area (Å²) in [5.74, 6) is 0. The van der Waals surface area contributed by atoms with Gasteiger partial charge in [-0.1, -0.05) is 56.7 Å². The van der Waals surface area contributed by atoms with Crippen molar-refractivity contribution in [2.45, 2.75) is 49.4 Å². The van der Waals surface area contributed by atoms with Crippen LogP contribution in [0.5, 0.6) is 0 Å². The molecule has 1 aromatic rings.